The monoisotopic (exact) mass is 843 g/mol. The first kappa shape index (κ1) is 34.3. The van der Waals surface area contributed by atoms with Crippen molar-refractivity contribution in [1.82, 2.24) is 0 Å². The molecule has 0 fully saturated rings. The minimum absolute atomic E-state index is 0.0790. The highest BCUT2D eigenvalue weighted by molar-refractivity contribution is 14.1. The Morgan fingerprint density at radius 1 is 0.860 bits per heavy atom. The molecular weight excluding hydrogens is 830 g/mol. The normalized spacial score (nSPS) is 12.5. The van der Waals surface area contributed by atoms with E-state index in [0.717, 1.165) is 17.0 Å². The van der Waals surface area contributed by atoms with Crippen molar-refractivity contribution < 1.29 is 53.5 Å². The average Bonchev–Trinajstić information content (AvgIpc) is 2.93. The molecule has 3 rings (SSSR count). The Hall–Kier alpha value is -3.15. The van der Waals surface area contributed by atoms with Crippen LogP contribution in [-0.4, -0.2) is 36.9 Å². The van der Waals surface area contributed by atoms with Crippen molar-refractivity contribution in [2.75, 3.05) is 17.3 Å². The molecule has 228 valence electrons. The van der Waals surface area contributed by atoms with Crippen LogP contribution in [0.4, 0.5) is 55.3 Å². The fourth-order valence-corrected chi connectivity index (χ4v) is 5.59. The smallest absolute Gasteiger partial charge is 0.320 e. The summed E-state index contributed by atoms with van der Waals surface area (Å²) in [4.78, 5) is 26.6. The highest BCUT2D eigenvalue weighted by Gasteiger charge is 2.82. The molecule has 3 aromatic carbocycles. The number of nitrogens with zero attached hydrogens (tertiary/aromatic N) is 2. The number of amides is 2. The van der Waals surface area contributed by atoms with Gasteiger partial charge in [-0.25, -0.2) is 4.39 Å². The van der Waals surface area contributed by atoms with Gasteiger partial charge >= 0.3 is 23.9 Å². The van der Waals surface area contributed by atoms with Crippen LogP contribution in [0.5, 0.6) is 0 Å². The zero-order chi connectivity index (χ0) is 32.7. The Bertz CT molecular complexity index is 1600. The van der Waals surface area contributed by atoms with E-state index < -0.39 is 59.8 Å². The van der Waals surface area contributed by atoms with Crippen LogP contribution >= 0.6 is 45.2 Å². The van der Waals surface area contributed by atoms with Crippen LogP contribution in [-0.2, 0) is 5.92 Å². The van der Waals surface area contributed by atoms with Crippen molar-refractivity contribution >= 4 is 68.4 Å². The number of rotatable bonds is 7. The van der Waals surface area contributed by atoms with Gasteiger partial charge in [-0.3, -0.25) is 9.59 Å². The molecule has 0 atom stereocenters. The molecule has 43 heavy (non-hydrogen) atoms. The first-order valence-electron chi connectivity index (χ1n) is 11.3. The second-order valence-corrected chi connectivity index (χ2v) is 11.0. The predicted octanol–water partition coefficient (Wildman–Crippen LogP) is 8.36. The van der Waals surface area contributed by atoms with Crippen molar-refractivity contribution in [1.29, 1.82) is 5.26 Å². The van der Waals surface area contributed by atoms with Gasteiger partial charge in [0.25, 0.3) is 11.8 Å². The lowest BCUT2D eigenvalue weighted by Gasteiger charge is -2.34. The van der Waals surface area contributed by atoms with Gasteiger partial charge in [-0.15, -0.1) is 0 Å². The quantitative estimate of drug-likeness (QED) is 0.192. The molecule has 5 nitrogen and oxygen atoms in total. The summed E-state index contributed by atoms with van der Waals surface area (Å²) in [5.74, 6) is -23.1. The highest BCUT2D eigenvalue weighted by Crippen LogP contribution is 2.57. The van der Waals surface area contributed by atoms with E-state index in [4.69, 9.17) is 5.26 Å². The van der Waals surface area contributed by atoms with E-state index in [0.29, 0.717) is 0 Å². The molecule has 0 aliphatic heterocycles. The number of benzene rings is 3. The van der Waals surface area contributed by atoms with Gasteiger partial charge in [0.15, 0.2) is 5.82 Å². The van der Waals surface area contributed by atoms with Gasteiger partial charge in [-0.05, 0) is 93.7 Å². The Morgan fingerprint density at radius 3 is 1.88 bits per heavy atom. The number of hydrogen-bond donors (Lipinski definition) is 1. The second kappa shape index (κ2) is 12.1. The Balaban J connectivity index is 1.93. The van der Waals surface area contributed by atoms with Gasteiger partial charge in [0.05, 0.1) is 28.6 Å². The van der Waals surface area contributed by atoms with Crippen LogP contribution in [0, 0.1) is 24.3 Å². The number of alkyl halides is 9. The molecule has 0 aliphatic rings. The third-order valence-electron chi connectivity index (χ3n) is 5.94. The molecule has 17 heteroatoms. The van der Waals surface area contributed by atoms with Crippen molar-refractivity contribution in [2.24, 2.45) is 0 Å². The van der Waals surface area contributed by atoms with E-state index in [2.05, 4.69) is 5.32 Å². The number of carbonyl (C=O) groups is 2. The van der Waals surface area contributed by atoms with Crippen molar-refractivity contribution in [3.8, 4) is 6.07 Å². The number of nitrogens with one attached hydrogen (secondary N) is 1. The van der Waals surface area contributed by atoms with Crippen LogP contribution in [0.2, 0.25) is 0 Å². The van der Waals surface area contributed by atoms with Crippen LogP contribution in [0.3, 0.4) is 0 Å². The second-order valence-electron chi connectivity index (χ2n) is 8.68. The lowest BCUT2D eigenvalue weighted by molar-refractivity contribution is -0.399. The first-order chi connectivity index (χ1) is 19.7. The summed E-state index contributed by atoms with van der Waals surface area (Å²) < 4.78 is 135. The van der Waals surface area contributed by atoms with E-state index in [1.165, 1.54) is 82.6 Å². The Morgan fingerprint density at radius 2 is 1.40 bits per heavy atom. The summed E-state index contributed by atoms with van der Waals surface area (Å²) in [5.41, 5.74) is -2.95. The van der Waals surface area contributed by atoms with Gasteiger partial charge in [0.1, 0.15) is 0 Å². The van der Waals surface area contributed by atoms with E-state index >= 15 is 4.39 Å². The summed E-state index contributed by atoms with van der Waals surface area (Å²) in [6.07, 6.45) is -6.99. The maximum Gasteiger partial charge on any atom is 0.460 e. The van der Waals surface area contributed by atoms with Crippen LogP contribution in [0.15, 0.2) is 54.6 Å². The first-order valence-corrected chi connectivity index (χ1v) is 13.4. The maximum atomic E-state index is 15.4. The van der Waals surface area contributed by atoms with Gasteiger partial charge in [0.2, 0.25) is 0 Å². The molecule has 3 aromatic rings. The maximum absolute atomic E-state index is 15.4. The average molecular weight is 843 g/mol. The molecule has 0 aromatic heterocycles. The van der Waals surface area contributed by atoms with Crippen LogP contribution in [0.25, 0.3) is 0 Å². The lowest BCUT2D eigenvalue weighted by Crippen LogP contribution is -2.59. The molecule has 0 unspecified atom stereocenters. The molecule has 0 saturated carbocycles. The summed E-state index contributed by atoms with van der Waals surface area (Å²) in [7, 11) is 1.20. The van der Waals surface area contributed by atoms with Crippen LogP contribution in [0.1, 0.15) is 31.8 Å². The van der Waals surface area contributed by atoms with Crippen molar-refractivity contribution in [3.05, 3.63) is 89.8 Å². The van der Waals surface area contributed by atoms with E-state index in [1.54, 1.807) is 0 Å². The molecule has 2 amide bonds. The van der Waals surface area contributed by atoms with Gasteiger partial charge in [-0.2, -0.15) is 44.8 Å². The molecule has 0 bridgehead atoms. The summed E-state index contributed by atoms with van der Waals surface area (Å²) in [6, 6.07) is 10.9. The van der Waals surface area contributed by atoms with E-state index in [9.17, 15) is 49.1 Å². The van der Waals surface area contributed by atoms with Gasteiger partial charge in [0, 0.05) is 25.3 Å². The fraction of sp³-hybridized carbons (Fsp3) is 0.192. The molecule has 0 aliphatic carbocycles. The largest absolute Gasteiger partial charge is 0.460 e. The minimum Gasteiger partial charge on any atom is -0.320 e. The number of nitriles is 1. The zero-order valence-corrected chi connectivity index (χ0v) is 25.3. The molecule has 0 saturated heterocycles. The lowest BCUT2D eigenvalue weighted by atomic mass is 9.96. The molecular formula is C26H13F10I2N3O2. The topological polar surface area (TPSA) is 73.2 Å². The predicted molar refractivity (Wildman–Crippen MR) is 150 cm³/mol. The van der Waals surface area contributed by atoms with E-state index in [1.807, 2.05) is 6.07 Å². The number of anilines is 2. The molecule has 0 heterocycles. The van der Waals surface area contributed by atoms with Crippen molar-refractivity contribution in [3.63, 3.8) is 0 Å². The van der Waals surface area contributed by atoms with Gasteiger partial charge < -0.3 is 10.2 Å². The number of carbonyl (C=O) groups excluding carboxylic acids is 2. The summed E-state index contributed by atoms with van der Waals surface area (Å²) >= 11 is 2.48. The molecule has 0 spiro atoms. The van der Waals surface area contributed by atoms with Crippen molar-refractivity contribution in [2.45, 2.75) is 23.9 Å². The Labute approximate surface area is 263 Å². The Kier molecular flexibility index (Phi) is 9.66. The molecule has 1 N–H and O–H groups in total. The SMILES string of the molecule is CN(C(=O)c1ccc(C#N)cc1)c1cccc(C(=O)Nc2c(I)cc(C(F)(F)C(F)(F)C(F)(F)C(F)(F)F)cc2I)c1F. The summed E-state index contributed by atoms with van der Waals surface area (Å²) in [6.45, 7) is 0. The fourth-order valence-electron chi connectivity index (χ4n) is 3.56. The third-order valence-corrected chi connectivity index (χ3v) is 7.64. The summed E-state index contributed by atoms with van der Waals surface area (Å²) in [5, 5.41) is 11.0. The van der Waals surface area contributed by atoms with Crippen LogP contribution < -0.4 is 10.2 Å². The molecule has 0 radical (unpaired) electrons. The standard InChI is InChI=1S/C26H13F10I2N3O2/c1-41(22(43)13-7-5-12(11-39)6-8-13)18-4-2-3-15(19(18)27)21(42)40-20-16(37)9-14(10-17(20)38)23(28,29)24(30,31)25(32,33)26(34,35)36/h2-10H,1H3,(H,40,42). The number of halogens is 12. The minimum atomic E-state index is -7.09. The van der Waals surface area contributed by atoms with Gasteiger partial charge in [-0.1, -0.05) is 6.07 Å². The third kappa shape index (κ3) is 6.25. The van der Waals surface area contributed by atoms with E-state index in [-0.39, 0.29) is 34.6 Å². The highest BCUT2D eigenvalue weighted by atomic mass is 127. The number of hydrogen-bond acceptors (Lipinski definition) is 3. The zero-order valence-electron chi connectivity index (χ0n) is 20.9.